The molecule has 1 aromatic heterocycles. The van der Waals surface area contributed by atoms with Crippen LogP contribution in [0.25, 0.3) is 0 Å². The van der Waals surface area contributed by atoms with Crippen molar-refractivity contribution in [1.29, 1.82) is 0 Å². The zero-order valence-corrected chi connectivity index (χ0v) is 8.44. The average Bonchev–Trinajstić information content (AvgIpc) is 2.02. The highest BCUT2D eigenvalue weighted by Crippen LogP contribution is 2.13. The summed E-state index contributed by atoms with van der Waals surface area (Å²) in [5.74, 6) is -2.76. The van der Waals surface area contributed by atoms with Crippen molar-refractivity contribution in [2.45, 2.75) is 6.18 Å². The number of carboxylic acid groups (broad SMARTS) is 1. The number of carbonyl (C=O) groups is 1. The molecule has 0 aliphatic carbocycles. The first-order valence-electron chi connectivity index (χ1n) is 3.31. The maximum atomic E-state index is 10.6. The Bertz CT molecular complexity index is 326. The van der Waals surface area contributed by atoms with Gasteiger partial charge in [-0.1, -0.05) is 29.3 Å². The summed E-state index contributed by atoms with van der Waals surface area (Å²) >= 11 is 10.9. The Kier molecular flexibility index (Phi) is 5.38. The first-order valence-corrected chi connectivity index (χ1v) is 4.07. The lowest BCUT2D eigenvalue weighted by Crippen LogP contribution is -2.21. The lowest BCUT2D eigenvalue weighted by Gasteiger charge is -1.93. The molecule has 0 spiro atoms. The molecule has 1 heterocycles. The number of aliphatic carboxylic acids is 1. The van der Waals surface area contributed by atoms with Crippen LogP contribution in [0.1, 0.15) is 0 Å². The molecular formula is C7H4Cl2F3NO2. The summed E-state index contributed by atoms with van der Waals surface area (Å²) in [5.41, 5.74) is 0. The predicted molar refractivity (Wildman–Crippen MR) is 47.9 cm³/mol. The summed E-state index contributed by atoms with van der Waals surface area (Å²) in [6.45, 7) is 0. The molecule has 0 amide bonds. The molecule has 0 saturated heterocycles. The largest absolute Gasteiger partial charge is 0.490 e. The number of hydrogen-bond acceptors (Lipinski definition) is 2. The molecule has 0 bridgehead atoms. The minimum absolute atomic E-state index is 0.428. The smallest absolute Gasteiger partial charge is 0.475 e. The SMILES string of the molecule is Clc1cccc(Cl)n1.O=C(O)C(F)(F)F. The van der Waals surface area contributed by atoms with Gasteiger partial charge in [-0.3, -0.25) is 0 Å². The minimum Gasteiger partial charge on any atom is -0.475 e. The van der Waals surface area contributed by atoms with E-state index >= 15 is 0 Å². The van der Waals surface area contributed by atoms with Crippen LogP contribution in [0.4, 0.5) is 13.2 Å². The number of aromatic nitrogens is 1. The van der Waals surface area contributed by atoms with Crippen molar-refractivity contribution in [3.05, 3.63) is 28.5 Å². The highest BCUT2D eigenvalue weighted by atomic mass is 35.5. The summed E-state index contributed by atoms with van der Waals surface area (Å²) in [4.78, 5) is 12.6. The second-order valence-corrected chi connectivity index (χ2v) is 2.86. The lowest BCUT2D eigenvalue weighted by atomic mass is 10.5. The first-order chi connectivity index (χ1) is 6.73. The molecule has 1 aromatic rings. The Balaban J connectivity index is 0.000000265. The normalized spacial score (nSPS) is 10.2. The molecular weight excluding hydrogens is 258 g/mol. The second kappa shape index (κ2) is 5.77. The zero-order valence-electron chi connectivity index (χ0n) is 6.92. The highest BCUT2D eigenvalue weighted by molar-refractivity contribution is 6.32. The van der Waals surface area contributed by atoms with E-state index in [0.717, 1.165) is 0 Å². The van der Waals surface area contributed by atoms with Crippen molar-refractivity contribution in [1.82, 2.24) is 4.98 Å². The van der Waals surface area contributed by atoms with Crippen LogP contribution in [0.15, 0.2) is 18.2 Å². The van der Waals surface area contributed by atoms with Crippen LogP contribution in [0.5, 0.6) is 0 Å². The van der Waals surface area contributed by atoms with Crippen LogP contribution in [0.3, 0.4) is 0 Å². The molecule has 0 aliphatic heterocycles. The molecule has 8 heteroatoms. The Morgan fingerprint density at radius 3 is 1.73 bits per heavy atom. The van der Waals surface area contributed by atoms with Crippen molar-refractivity contribution < 1.29 is 23.1 Å². The minimum atomic E-state index is -5.08. The fourth-order valence-corrected chi connectivity index (χ4v) is 0.754. The lowest BCUT2D eigenvalue weighted by molar-refractivity contribution is -0.192. The fraction of sp³-hybridized carbons (Fsp3) is 0.143. The van der Waals surface area contributed by atoms with E-state index in [-0.39, 0.29) is 0 Å². The molecule has 0 unspecified atom stereocenters. The fourth-order valence-electron chi connectivity index (χ4n) is 0.383. The molecule has 84 valence electrons. The van der Waals surface area contributed by atoms with Crippen LogP contribution in [-0.4, -0.2) is 22.2 Å². The number of alkyl halides is 3. The molecule has 15 heavy (non-hydrogen) atoms. The quantitative estimate of drug-likeness (QED) is 0.731. The van der Waals surface area contributed by atoms with Gasteiger partial charge in [0.05, 0.1) is 0 Å². The van der Waals surface area contributed by atoms with E-state index in [4.69, 9.17) is 33.1 Å². The number of pyridine rings is 1. The van der Waals surface area contributed by atoms with Crippen LogP contribution in [0, 0.1) is 0 Å². The number of rotatable bonds is 0. The van der Waals surface area contributed by atoms with E-state index in [9.17, 15) is 13.2 Å². The van der Waals surface area contributed by atoms with E-state index < -0.39 is 12.1 Å². The zero-order chi connectivity index (χ0) is 12.1. The van der Waals surface area contributed by atoms with Crippen molar-refractivity contribution in [3.8, 4) is 0 Å². The number of carboxylic acids is 1. The third-order valence-electron chi connectivity index (χ3n) is 0.924. The van der Waals surface area contributed by atoms with Gasteiger partial charge in [0.25, 0.3) is 0 Å². The Morgan fingerprint density at radius 1 is 1.27 bits per heavy atom. The predicted octanol–water partition coefficient (Wildman–Crippen LogP) is 3.02. The van der Waals surface area contributed by atoms with Crippen LogP contribution in [0.2, 0.25) is 10.3 Å². The van der Waals surface area contributed by atoms with E-state index in [2.05, 4.69) is 4.98 Å². The number of hydrogen-bond donors (Lipinski definition) is 1. The van der Waals surface area contributed by atoms with Gasteiger partial charge in [0, 0.05) is 0 Å². The van der Waals surface area contributed by atoms with Crippen molar-refractivity contribution in [2.75, 3.05) is 0 Å². The third kappa shape index (κ3) is 6.98. The first kappa shape index (κ1) is 14.0. The van der Waals surface area contributed by atoms with E-state index in [0.29, 0.717) is 10.3 Å². The third-order valence-corrected chi connectivity index (χ3v) is 1.34. The van der Waals surface area contributed by atoms with Gasteiger partial charge in [-0.05, 0) is 12.1 Å². The summed E-state index contributed by atoms with van der Waals surface area (Å²) in [6.07, 6.45) is -5.08. The molecule has 1 N–H and O–H groups in total. The maximum Gasteiger partial charge on any atom is 0.490 e. The summed E-state index contributed by atoms with van der Waals surface area (Å²) in [6, 6.07) is 5.10. The molecule has 0 saturated carbocycles. The van der Waals surface area contributed by atoms with Gasteiger partial charge in [-0.2, -0.15) is 13.2 Å². The molecule has 3 nitrogen and oxygen atoms in total. The molecule has 1 rings (SSSR count). The summed E-state index contributed by atoms with van der Waals surface area (Å²) in [5, 5.41) is 7.98. The molecule has 0 aromatic carbocycles. The highest BCUT2D eigenvalue weighted by Gasteiger charge is 2.38. The Morgan fingerprint density at radius 2 is 1.60 bits per heavy atom. The molecule has 0 aliphatic rings. The van der Waals surface area contributed by atoms with Crippen LogP contribution in [-0.2, 0) is 4.79 Å². The number of halogens is 5. The van der Waals surface area contributed by atoms with E-state index in [1.165, 1.54) is 0 Å². The maximum absolute atomic E-state index is 10.6. The van der Waals surface area contributed by atoms with Crippen LogP contribution < -0.4 is 0 Å². The molecule has 0 radical (unpaired) electrons. The topological polar surface area (TPSA) is 50.2 Å². The Hall–Kier alpha value is -1.01. The van der Waals surface area contributed by atoms with Crippen molar-refractivity contribution in [3.63, 3.8) is 0 Å². The van der Waals surface area contributed by atoms with Crippen molar-refractivity contribution in [2.24, 2.45) is 0 Å². The van der Waals surface area contributed by atoms with Gasteiger partial charge in [0.15, 0.2) is 0 Å². The van der Waals surface area contributed by atoms with E-state index in [1.54, 1.807) is 18.2 Å². The second-order valence-electron chi connectivity index (χ2n) is 2.09. The van der Waals surface area contributed by atoms with Crippen LogP contribution >= 0.6 is 23.2 Å². The van der Waals surface area contributed by atoms with Gasteiger partial charge < -0.3 is 5.11 Å². The Labute approximate surface area is 92.4 Å². The standard InChI is InChI=1S/C5H3Cl2N.C2HF3O2/c6-4-2-1-3-5(7)8-4;3-2(4,5)1(6)7/h1-3H;(H,6,7). The summed E-state index contributed by atoms with van der Waals surface area (Å²) in [7, 11) is 0. The number of nitrogens with zero attached hydrogens (tertiary/aromatic N) is 1. The van der Waals surface area contributed by atoms with Gasteiger partial charge in [0.2, 0.25) is 0 Å². The molecule has 0 fully saturated rings. The average molecular weight is 262 g/mol. The van der Waals surface area contributed by atoms with Gasteiger partial charge in [0.1, 0.15) is 10.3 Å². The summed E-state index contributed by atoms with van der Waals surface area (Å²) < 4.78 is 31.7. The molecule has 0 atom stereocenters. The van der Waals surface area contributed by atoms with Gasteiger partial charge >= 0.3 is 12.1 Å². The monoisotopic (exact) mass is 261 g/mol. The van der Waals surface area contributed by atoms with Gasteiger partial charge in [-0.15, -0.1) is 0 Å². The van der Waals surface area contributed by atoms with Gasteiger partial charge in [-0.25, -0.2) is 9.78 Å². The van der Waals surface area contributed by atoms with Crippen molar-refractivity contribution >= 4 is 29.2 Å². The van der Waals surface area contributed by atoms with E-state index in [1.807, 2.05) is 0 Å².